The third kappa shape index (κ3) is 3.28. The number of nitrogens with zero attached hydrogens (tertiary/aromatic N) is 1. The lowest BCUT2D eigenvalue weighted by Crippen LogP contribution is -2.51. The maximum Gasteiger partial charge on any atom is 0.271 e. The van der Waals surface area contributed by atoms with Crippen molar-refractivity contribution in [3.05, 3.63) is 37.9 Å². The van der Waals surface area contributed by atoms with Gasteiger partial charge >= 0.3 is 0 Å². The van der Waals surface area contributed by atoms with E-state index in [4.69, 9.17) is 28.9 Å². The van der Waals surface area contributed by atoms with Crippen LogP contribution in [-0.4, -0.2) is 22.9 Å². The van der Waals surface area contributed by atoms with Crippen LogP contribution in [0.1, 0.15) is 36.0 Å². The highest BCUT2D eigenvalue weighted by atomic mass is 35.5. The molecule has 1 amide bonds. The number of nitro groups is 1. The van der Waals surface area contributed by atoms with Gasteiger partial charge in [-0.3, -0.25) is 14.9 Å². The highest BCUT2D eigenvalue weighted by Gasteiger charge is 2.35. The molecule has 1 fully saturated rings. The second-order valence-electron chi connectivity index (χ2n) is 5.19. The molecular formula is C13H15Cl2N3O3. The van der Waals surface area contributed by atoms with Gasteiger partial charge in [0.1, 0.15) is 0 Å². The minimum Gasteiger partial charge on any atom is -0.345 e. The lowest BCUT2D eigenvalue weighted by atomic mass is 9.97. The molecule has 1 aliphatic rings. The largest absolute Gasteiger partial charge is 0.345 e. The average Bonchev–Trinajstić information content (AvgIpc) is 2.90. The lowest BCUT2D eigenvalue weighted by molar-refractivity contribution is -0.384. The molecule has 0 unspecified atom stereocenters. The molecule has 3 N–H and O–H groups in total. The third-order valence-electron chi connectivity index (χ3n) is 3.80. The van der Waals surface area contributed by atoms with Crippen LogP contribution in [0.3, 0.4) is 0 Å². The third-order valence-corrected chi connectivity index (χ3v) is 4.60. The fourth-order valence-corrected chi connectivity index (χ4v) is 2.99. The van der Waals surface area contributed by atoms with E-state index < -0.39 is 16.4 Å². The van der Waals surface area contributed by atoms with Crippen LogP contribution in [0.25, 0.3) is 0 Å². The molecule has 6 nitrogen and oxygen atoms in total. The summed E-state index contributed by atoms with van der Waals surface area (Å²) in [6.45, 7) is 0.318. The summed E-state index contributed by atoms with van der Waals surface area (Å²) in [5.74, 6) is -0.488. The minimum atomic E-state index is -0.618. The van der Waals surface area contributed by atoms with E-state index in [2.05, 4.69) is 5.32 Å². The molecule has 0 radical (unpaired) electrons. The second-order valence-corrected chi connectivity index (χ2v) is 5.98. The number of rotatable bonds is 4. The molecule has 2 rings (SSSR count). The molecule has 0 saturated heterocycles. The summed E-state index contributed by atoms with van der Waals surface area (Å²) < 4.78 is 0. The van der Waals surface area contributed by atoms with Gasteiger partial charge in [0.05, 0.1) is 26.1 Å². The number of hydrogen-bond acceptors (Lipinski definition) is 4. The Morgan fingerprint density at radius 2 is 2.00 bits per heavy atom. The Bertz CT molecular complexity index is 586. The van der Waals surface area contributed by atoms with E-state index in [-0.39, 0.29) is 21.3 Å². The van der Waals surface area contributed by atoms with E-state index in [0.29, 0.717) is 6.54 Å². The van der Waals surface area contributed by atoms with Crippen molar-refractivity contribution in [3.8, 4) is 0 Å². The number of nitro benzene ring substituents is 1. The molecule has 8 heteroatoms. The minimum absolute atomic E-state index is 0.00408. The van der Waals surface area contributed by atoms with Crippen LogP contribution in [0.15, 0.2) is 12.1 Å². The van der Waals surface area contributed by atoms with Crippen molar-refractivity contribution in [3.63, 3.8) is 0 Å². The number of carbonyl (C=O) groups excluding carboxylic acids is 1. The van der Waals surface area contributed by atoms with Gasteiger partial charge in [-0.15, -0.1) is 0 Å². The number of halogens is 2. The van der Waals surface area contributed by atoms with Gasteiger partial charge in [-0.1, -0.05) is 36.0 Å². The lowest BCUT2D eigenvalue weighted by Gasteiger charge is -2.28. The number of carbonyl (C=O) groups is 1. The zero-order valence-corrected chi connectivity index (χ0v) is 12.7. The molecule has 21 heavy (non-hydrogen) atoms. The molecular weight excluding hydrogens is 317 g/mol. The summed E-state index contributed by atoms with van der Waals surface area (Å²) >= 11 is 11.8. The highest BCUT2D eigenvalue weighted by molar-refractivity contribution is 6.44. The Labute approximate surface area is 131 Å². The predicted octanol–water partition coefficient (Wildman–Crippen LogP) is 2.90. The molecule has 0 atom stereocenters. The van der Waals surface area contributed by atoms with Gasteiger partial charge in [0, 0.05) is 18.7 Å². The highest BCUT2D eigenvalue weighted by Crippen LogP contribution is 2.33. The van der Waals surface area contributed by atoms with Crippen LogP contribution in [0.4, 0.5) is 5.69 Å². The first-order valence-electron chi connectivity index (χ1n) is 6.54. The van der Waals surface area contributed by atoms with E-state index in [0.717, 1.165) is 37.8 Å². The van der Waals surface area contributed by atoms with Crippen LogP contribution in [-0.2, 0) is 0 Å². The number of nitrogens with one attached hydrogen (secondary N) is 1. The van der Waals surface area contributed by atoms with Gasteiger partial charge in [-0.25, -0.2) is 0 Å². The fourth-order valence-electron chi connectivity index (χ4n) is 2.59. The Morgan fingerprint density at radius 3 is 2.52 bits per heavy atom. The summed E-state index contributed by atoms with van der Waals surface area (Å²) in [6, 6.07) is 2.25. The van der Waals surface area contributed by atoms with Crippen molar-refractivity contribution >= 4 is 34.8 Å². The first kappa shape index (κ1) is 16.0. The fraction of sp³-hybridized carbons (Fsp3) is 0.462. The maximum absolute atomic E-state index is 12.4. The standard InChI is InChI=1S/C13H15Cl2N3O3/c14-10-6-8(18(20)21)5-9(11(10)15)12(19)17-13(7-16)3-1-2-4-13/h5-6H,1-4,7,16H2,(H,17,19). The second kappa shape index (κ2) is 6.17. The Hall–Kier alpha value is -1.37. The van der Waals surface area contributed by atoms with Crippen LogP contribution in [0, 0.1) is 10.1 Å². The summed E-state index contributed by atoms with van der Waals surface area (Å²) in [5.41, 5.74) is 5.02. The van der Waals surface area contributed by atoms with E-state index >= 15 is 0 Å². The summed E-state index contributed by atoms with van der Waals surface area (Å²) in [7, 11) is 0. The smallest absolute Gasteiger partial charge is 0.271 e. The zero-order chi connectivity index (χ0) is 15.6. The van der Waals surface area contributed by atoms with Crippen molar-refractivity contribution in [2.24, 2.45) is 5.73 Å². The molecule has 0 aromatic heterocycles. The summed E-state index contributed by atoms with van der Waals surface area (Å²) in [4.78, 5) is 22.6. The SMILES string of the molecule is NCC1(NC(=O)c2cc([N+](=O)[O-])cc(Cl)c2Cl)CCCC1. The first-order valence-corrected chi connectivity index (χ1v) is 7.30. The van der Waals surface area contributed by atoms with Crippen LogP contribution < -0.4 is 11.1 Å². The predicted molar refractivity (Wildman–Crippen MR) is 80.8 cm³/mol. The van der Waals surface area contributed by atoms with E-state index in [1.165, 1.54) is 0 Å². The number of nitrogens with two attached hydrogens (primary N) is 1. The van der Waals surface area contributed by atoms with Gasteiger partial charge in [-0.05, 0) is 12.8 Å². The van der Waals surface area contributed by atoms with Crippen molar-refractivity contribution in [1.29, 1.82) is 0 Å². The Morgan fingerprint density at radius 1 is 1.38 bits per heavy atom. The molecule has 1 aromatic rings. The number of non-ortho nitro benzene ring substituents is 1. The quantitative estimate of drug-likeness (QED) is 0.654. The van der Waals surface area contributed by atoms with Gasteiger partial charge in [0.2, 0.25) is 0 Å². The van der Waals surface area contributed by atoms with Crippen LogP contribution >= 0.6 is 23.2 Å². The van der Waals surface area contributed by atoms with Crippen molar-refractivity contribution < 1.29 is 9.72 Å². The average molecular weight is 332 g/mol. The van der Waals surface area contributed by atoms with Crippen LogP contribution in [0.2, 0.25) is 10.0 Å². The van der Waals surface area contributed by atoms with Crippen LogP contribution in [0.5, 0.6) is 0 Å². The zero-order valence-electron chi connectivity index (χ0n) is 11.2. The summed E-state index contributed by atoms with van der Waals surface area (Å²) in [5, 5.41) is 13.7. The molecule has 1 saturated carbocycles. The normalized spacial score (nSPS) is 16.7. The number of amides is 1. The molecule has 0 spiro atoms. The number of benzene rings is 1. The molecule has 0 heterocycles. The van der Waals surface area contributed by atoms with E-state index in [1.807, 2.05) is 0 Å². The van der Waals surface area contributed by atoms with Gasteiger partial charge in [0.15, 0.2) is 0 Å². The van der Waals surface area contributed by atoms with E-state index in [1.54, 1.807) is 0 Å². The maximum atomic E-state index is 12.4. The first-order chi connectivity index (χ1) is 9.88. The monoisotopic (exact) mass is 331 g/mol. The van der Waals surface area contributed by atoms with Crippen molar-refractivity contribution in [1.82, 2.24) is 5.32 Å². The van der Waals surface area contributed by atoms with E-state index in [9.17, 15) is 14.9 Å². The molecule has 0 aliphatic heterocycles. The molecule has 114 valence electrons. The molecule has 1 aromatic carbocycles. The molecule has 1 aliphatic carbocycles. The Kier molecular flexibility index (Phi) is 4.70. The topological polar surface area (TPSA) is 98.3 Å². The van der Waals surface area contributed by atoms with Gasteiger partial charge in [-0.2, -0.15) is 0 Å². The van der Waals surface area contributed by atoms with Gasteiger partial charge < -0.3 is 11.1 Å². The Balaban J connectivity index is 2.32. The van der Waals surface area contributed by atoms with Crippen molar-refractivity contribution in [2.45, 2.75) is 31.2 Å². The van der Waals surface area contributed by atoms with Gasteiger partial charge in [0.25, 0.3) is 11.6 Å². The number of hydrogen-bond donors (Lipinski definition) is 2. The summed E-state index contributed by atoms with van der Waals surface area (Å²) in [6.07, 6.45) is 3.55. The van der Waals surface area contributed by atoms with Crippen molar-refractivity contribution in [2.75, 3.05) is 6.54 Å². The molecule has 0 bridgehead atoms.